The molecule has 0 amide bonds. The molecule has 0 rings (SSSR count). The number of aliphatic hydroxyl groups excluding tert-OH is 1. The van der Waals surface area contributed by atoms with Gasteiger partial charge in [0.25, 0.3) is 0 Å². The van der Waals surface area contributed by atoms with Crippen LogP contribution in [0.15, 0.2) is 0 Å². The van der Waals surface area contributed by atoms with Gasteiger partial charge in [-0.05, 0) is 13.2 Å². The van der Waals surface area contributed by atoms with Gasteiger partial charge < -0.3 is 9.84 Å². The minimum atomic E-state index is -0.963. The number of hydrogen-bond acceptors (Lipinski definition) is 4. The van der Waals surface area contributed by atoms with E-state index in [1.807, 2.05) is 6.26 Å². The van der Waals surface area contributed by atoms with E-state index in [9.17, 15) is 4.79 Å². The smallest absolute Gasteiger partial charge is 0.335 e. The second-order valence-corrected chi connectivity index (χ2v) is 2.63. The highest BCUT2D eigenvalue weighted by molar-refractivity contribution is 7.98. The third-order valence-electron chi connectivity index (χ3n) is 0.883. The van der Waals surface area contributed by atoms with Crippen molar-refractivity contribution >= 4 is 17.7 Å². The maximum atomic E-state index is 10.6. The van der Waals surface area contributed by atoms with Crippen LogP contribution in [0.25, 0.3) is 0 Å². The Bertz CT molecular complexity index is 105. The molecule has 0 aromatic carbocycles. The molecule has 1 unspecified atom stereocenters. The summed E-state index contributed by atoms with van der Waals surface area (Å²) in [6.07, 6.45) is 0.859. The lowest BCUT2D eigenvalue weighted by atomic mass is 10.4. The zero-order valence-corrected chi connectivity index (χ0v) is 6.98. The monoisotopic (exact) mass is 164 g/mol. The van der Waals surface area contributed by atoms with Gasteiger partial charge in [-0.1, -0.05) is 0 Å². The Morgan fingerprint density at radius 2 is 2.40 bits per heavy atom. The van der Waals surface area contributed by atoms with Crippen LogP contribution in [0.4, 0.5) is 0 Å². The molecular weight excluding hydrogens is 152 g/mol. The van der Waals surface area contributed by atoms with E-state index in [4.69, 9.17) is 5.11 Å². The second-order valence-electron chi connectivity index (χ2n) is 1.72. The van der Waals surface area contributed by atoms with Crippen molar-refractivity contribution < 1.29 is 14.6 Å². The molecule has 0 aliphatic heterocycles. The SMILES string of the molecule is CCOC(=O)C(O)CSC. The van der Waals surface area contributed by atoms with E-state index in [-0.39, 0.29) is 0 Å². The molecule has 0 saturated carbocycles. The third-order valence-corrected chi connectivity index (χ3v) is 1.53. The predicted molar refractivity (Wildman–Crippen MR) is 41.0 cm³/mol. The third kappa shape index (κ3) is 3.74. The van der Waals surface area contributed by atoms with Gasteiger partial charge in [-0.15, -0.1) is 0 Å². The Balaban J connectivity index is 3.49. The summed E-state index contributed by atoms with van der Waals surface area (Å²) in [7, 11) is 0. The summed E-state index contributed by atoms with van der Waals surface area (Å²) in [5.41, 5.74) is 0. The summed E-state index contributed by atoms with van der Waals surface area (Å²) in [6, 6.07) is 0. The zero-order valence-electron chi connectivity index (χ0n) is 6.16. The summed E-state index contributed by atoms with van der Waals surface area (Å²) in [5, 5.41) is 8.95. The summed E-state index contributed by atoms with van der Waals surface area (Å²) in [5.74, 6) is -0.129. The average molecular weight is 164 g/mol. The van der Waals surface area contributed by atoms with Crippen LogP contribution in [0.1, 0.15) is 6.92 Å². The van der Waals surface area contributed by atoms with Gasteiger partial charge in [0.2, 0.25) is 0 Å². The Morgan fingerprint density at radius 3 is 2.80 bits per heavy atom. The van der Waals surface area contributed by atoms with Crippen LogP contribution < -0.4 is 0 Å². The largest absolute Gasteiger partial charge is 0.464 e. The molecular formula is C6H12O3S. The predicted octanol–water partition coefficient (Wildman–Crippen LogP) is 0.273. The van der Waals surface area contributed by atoms with Gasteiger partial charge in [0, 0.05) is 5.75 Å². The minimum Gasteiger partial charge on any atom is -0.464 e. The van der Waals surface area contributed by atoms with Crippen molar-refractivity contribution in [2.75, 3.05) is 18.6 Å². The molecule has 0 aromatic rings. The normalized spacial score (nSPS) is 12.7. The first-order valence-corrected chi connectivity index (χ1v) is 4.45. The molecule has 0 bridgehead atoms. The maximum Gasteiger partial charge on any atom is 0.335 e. The summed E-state index contributed by atoms with van der Waals surface area (Å²) in [4.78, 5) is 10.6. The Kier molecular flexibility index (Phi) is 5.43. The van der Waals surface area contributed by atoms with Crippen LogP contribution in [0, 0.1) is 0 Å². The molecule has 0 aliphatic carbocycles. The lowest BCUT2D eigenvalue weighted by molar-refractivity contribution is -0.151. The number of ether oxygens (including phenoxy) is 1. The van der Waals surface area contributed by atoms with Gasteiger partial charge in [-0.25, -0.2) is 4.79 Å². The molecule has 60 valence electrons. The number of carbonyl (C=O) groups is 1. The maximum absolute atomic E-state index is 10.6. The quantitative estimate of drug-likeness (QED) is 0.606. The first-order chi connectivity index (χ1) is 4.72. The van der Waals surface area contributed by atoms with Gasteiger partial charge >= 0.3 is 5.97 Å². The molecule has 10 heavy (non-hydrogen) atoms. The first-order valence-electron chi connectivity index (χ1n) is 3.06. The van der Waals surface area contributed by atoms with Gasteiger partial charge in [0.15, 0.2) is 6.10 Å². The molecule has 0 fully saturated rings. The van der Waals surface area contributed by atoms with E-state index in [0.717, 1.165) is 0 Å². The van der Waals surface area contributed by atoms with Crippen molar-refractivity contribution in [3.63, 3.8) is 0 Å². The van der Waals surface area contributed by atoms with Gasteiger partial charge in [0.1, 0.15) is 0 Å². The van der Waals surface area contributed by atoms with Crippen molar-refractivity contribution in [1.29, 1.82) is 0 Å². The molecule has 0 saturated heterocycles. The highest BCUT2D eigenvalue weighted by Gasteiger charge is 2.14. The topological polar surface area (TPSA) is 46.5 Å². The fraction of sp³-hybridized carbons (Fsp3) is 0.833. The molecule has 3 nitrogen and oxygen atoms in total. The van der Waals surface area contributed by atoms with E-state index in [1.165, 1.54) is 11.8 Å². The number of rotatable bonds is 4. The van der Waals surface area contributed by atoms with Crippen molar-refractivity contribution in [1.82, 2.24) is 0 Å². The molecule has 0 spiro atoms. The van der Waals surface area contributed by atoms with Crippen molar-refractivity contribution in [2.45, 2.75) is 13.0 Å². The average Bonchev–Trinajstić information content (AvgIpc) is 1.89. The van der Waals surface area contributed by atoms with E-state index in [0.29, 0.717) is 12.4 Å². The highest BCUT2D eigenvalue weighted by atomic mass is 32.2. The van der Waals surface area contributed by atoms with Gasteiger partial charge in [-0.2, -0.15) is 11.8 Å². The Labute approximate surface area is 64.8 Å². The minimum absolute atomic E-state index is 0.324. The molecule has 0 radical (unpaired) electrons. The van der Waals surface area contributed by atoms with Crippen molar-refractivity contribution in [2.24, 2.45) is 0 Å². The van der Waals surface area contributed by atoms with Crippen molar-refractivity contribution in [3.05, 3.63) is 0 Å². The van der Waals surface area contributed by atoms with Crippen LogP contribution in [-0.2, 0) is 9.53 Å². The summed E-state index contributed by atoms with van der Waals surface area (Å²) in [6.45, 7) is 2.04. The van der Waals surface area contributed by atoms with Gasteiger partial charge in [0.05, 0.1) is 6.61 Å². The van der Waals surface area contributed by atoms with E-state index in [1.54, 1.807) is 6.92 Å². The van der Waals surface area contributed by atoms with Crippen LogP contribution in [0.2, 0.25) is 0 Å². The molecule has 1 N–H and O–H groups in total. The molecule has 0 aromatic heterocycles. The van der Waals surface area contributed by atoms with E-state index in [2.05, 4.69) is 4.74 Å². The fourth-order valence-corrected chi connectivity index (χ4v) is 0.916. The standard InChI is InChI=1S/C6H12O3S/c1-3-9-6(8)5(7)4-10-2/h5,7H,3-4H2,1-2H3. The number of hydrogen-bond donors (Lipinski definition) is 1. The molecule has 1 atom stereocenters. The van der Waals surface area contributed by atoms with Crippen LogP contribution in [-0.4, -0.2) is 35.8 Å². The first kappa shape index (κ1) is 9.78. The number of thioether (sulfide) groups is 1. The number of esters is 1. The zero-order chi connectivity index (χ0) is 7.98. The fourth-order valence-electron chi connectivity index (χ4n) is 0.464. The van der Waals surface area contributed by atoms with Crippen LogP contribution in [0.5, 0.6) is 0 Å². The molecule has 4 heteroatoms. The summed E-state index contributed by atoms with van der Waals surface area (Å²) < 4.78 is 4.55. The Morgan fingerprint density at radius 1 is 1.80 bits per heavy atom. The van der Waals surface area contributed by atoms with Gasteiger partial charge in [-0.3, -0.25) is 0 Å². The van der Waals surface area contributed by atoms with Crippen LogP contribution >= 0.6 is 11.8 Å². The second kappa shape index (κ2) is 5.56. The van der Waals surface area contributed by atoms with E-state index < -0.39 is 12.1 Å². The molecule has 0 aliphatic rings. The summed E-state index contributed by atoms with van der Waals surface area (Å²) >= 11 is 1.41. The van der Waals surface area contributed by atoms with E-state index >= 15 is 0 Å². The molecule has 0 heterocycles. The van der Waals surface area contributed by atoms with Crippen LogP contribution in [0.3, 0.4) is 0 Å². The highest BCUT2D eigenvalue weighted by Crippen LogP contribution is 1.98. The Hall–Kier alpha value is -0.220. The lowest BCUT2D eigenvalue weighted by Gasteiger charge is -2.06. The van der Waals surface area contributed by atoms with Crippen molar-refractivity contribution in [3.8, 4) is 0 Å². The lowest BCUT2D eigenvalue weighted by Crippen LogP contribution is -2.25. The number of aliphatic hydroxyl groups is 1. The number of carbonyl (C=O) groups excluding carboxylic acids is 1.